The summed E-state index contributed by atoms with van der Waals surface area (Å²) in [6, 6.07) is 7.04. The van der Waals surface area contributed by atoms with Crippen LogP contribution in [0.3, 0.4) is 0 Å². The van der Waals surface area contributed by atoms with Gasteiger partial charge in [-0.05, 0) is 24.3 Å². The van der Waals surface area contributed by atoms with Crippen LogP contribution in [0.4, 0.5) is 0 Å². The number of methoxy groups -OCH3 is 1. The Morgan fingerprint density at radius 2 is 1.76 bits per heavy atom. The van der Waals surface area contributed by atoms with Gasteiger partial charge in [0.1, 0.15) is 19.0 Å². The molecule has 0 atom stereocenters. The van der Waals surface area contributed by atoms with Gasteiger partial charge in [-0.1, -0.05) is 13.8 Å². The first-order chi connectivity index (χ1) is 8.27. The lowest BCUT2D eigenvalue weighted by Crippen LogP contribution is -2.10. The molecule has 5 heteroatoms. The Morgan fingerprint density at radius 1 is 1.18 bits per heavy atom. The molecule has 0 unspecified atom stereocenters. The number of hydrogen-bond acceptors (Lipinski definition) is 5. The van der Waals surface area contributed by atoms with Crippen molar-refractivity contribution in [2.75, 3.05) is 20.3 Å². The first kappa shape index (κ1) is 15.4. The number of benzene rings is 1. The van der Waals surface area contributed by atoms with Gasteiger partial charge in [0, 0.05) is 5.56 Å². The van der Waals surface area contributed by atoms with Crippen molar-refractivity contribution in [2.45, 2.75) is 13.8 Å². The molecule has 0 spiro atoms. The van der Waals surface area contributed by atoms with Crippen molar-refractivity contribution < 1.29 is 14.3 Å². The molecule has 0 aliphatic heterocycles. The second-order valence-corrected chi connectivity index (χ2v) is 2.78. The molecular weight excluding hydrogens is 220 g/mol. The van der Waals surface area contributed by atoms with Gasteiger partial charge >= 0.3 is 0 Å². The molecule has 1 aromatic rings. The van der Waals surface area contributed by atoms with Crippen LogP contribution in [0.25, 0.3) is 0 Å². The molecule has 0 aliphatic rings. The normalized spacial score (nSPS) is 8.94. The SMILES string of the molecule is CC.COC(=N)c1ccc(OCCON)cc1. The Balaban J connectivity index is 0.00000121. The number of rotatable bonds is 5. The molecule has 3 N–H and O–H groups in total. The van der Waals surface area contributed by atoms with E-state index in [1.807, 2.05) is 13.8 Å². The van der Waals surface area contributed by atoms with E-state index >= 15 is 0 Å². The number of nitrogens with two attached hydrogens (primary N) is 1. The third-order valence-electron chi connectivity index (χ3n) is 1.79. The highest BCUT2D eigenvalue weighted by Gasteiger charge is 2.00. The van der Waals surface area contributed by atoms with Crippen LogP contribution in [0, 0.1) is 5.41 Å². The second kappa shape index (κ2) is 9.62. The third-order valence-corrected chi connectivity index (χ3v) is 1.79. The van der Waals surface area contributed by atoms with Crippen LogP contribution in [0.5, 0.6) is 5.75 Å². The molecule has 96 valence electrons. The van der Waals surface area contributed by atoms with E-state index in [9.17, 15) is 0 Å². The molecule has 17 heavy (non-hydrogen) atoms. The minimum Gasteiger partial charge on any atom is -0.491 e. The minimum atomic E-state index is 0.131. The van der Waals surface area contributed by atoms with Crippen molar-refractivity contribution in [1.82, 2.24) is 0 Å². The summed E-state index contributed by atoms with van der Waals surface area (Å²) in [7, 11) is 1.46. The Labute approximate surface area is 102 Å². The first-order valence-electron chi connectivity index (χ1n) is 5.45. The van der Waals surface area contributed by atoms with Gasteiger partial charge in [0.2, 0.25) is 5.90 Å². The maximum atomic E-state index is 7.42. The molecule has 0 amide bonds. The maximum Gasteiger partial charge on any atom is 0.212 e. The summed E-state index contributed by atoms with van der Waals surface area (Å²) in [5, 5.41) is 7.42. The van der Waals surface area contributed by atoms with E-state index in [1.54, 1.807) is 24.3 Å². The molecule has 0 fully saturated rings. The summed E-state index contributed by atoms with van der Waals surface area (Å²) < 4.78 is 10.1. The molecule has 0 radical (unpaired) electrons. The van der Waals surface area contributed by atoms with Crippen LogP contribution in [0.1, 0.15) is 19.4 Å². The Hall–Kier alpha value is -1.59. The summed E-state index contributed by atoms with van der Waals surface area (Å²) in [4.78, 5) is 4.36. The van der Waals surface area contributed by atoms with Crippen molar-refractivity contribution >= 4 is 5.90 Å². The Kier molecular flexibility index (Phi) is 8.72. The smallest absolute Gasteiger partial charge is 0.212 e. The zero-order chi connectivity index (χ0) is 13.1. The van der Waals surface area contributed by atoms with E-state index < -0.39 is 0 Å². The van der Waals surface area contributed by atoms with Gasteiger partial charge in [-0.2, -0.15) is 0 Å². The van der Waals surface area contributed by atoms with Gasteiger partial charge < -0.3 is 14.3 Å². The van der Waals surface area contributed by atoms with E-state index in [0.29, 0.717) is 24.5 Å². The lowest BCUT2D eigenvalue weighted by atomic mass is 10.2. The minimum absolute atomic E-state index is 0.131. The summed E-state index contributed by atoms with van der Waals surface area (Å²) in [6.45, 7) is 4.74. The molecule has 0 saturated heterocycles. The zero-order valence-corrected chi connectivity index (χ0v) is 10.5. The molecular formula is C12H20N2O3. The van der Waals surface area contributed by atoms with Gasteiger partial charge in [0.25, 0.3) is 0 Å². The number of ether oxygens (including phenoxy) is 2. The Morgan fingerprint density at radius 3 is 2.24 bits per heavy atom. The first-order valence-corrected chi connectivity index (χ1v) is 5.45. The van der Waals surface area contributed by atoms with Crippen molar-refractivity contribution in [3.63, 3.8) is 0 Å². The lowest BCUT2D eigenvalue weighted by Gasteiger charge is -2.06. The van der Waals surface area contributed by atoms with Crippen LogP contribution >= 0.6 is 0 Å². The van der Waals surface area contributed by atoms with Crippen molar-refractivity contribution in [2.24, 2.45) is 5.90 Å². The van der Waals surface area contributed by atoms with Gasteiger partial charge in [0.15, 0.2) is 0 Å². The molecule has 0 bridgehead atoms. The van der Waals surface area contributed by atoms with E-state index in [4.69, 9.17) is 20.8 Å². The van der Waals surface area contributed by atoms with E-state index in [0.717, 1.165) is 0 Å². The largest absolute Gasteiger partial charge is 0.491 e. The monoisotopic (exact) mass is 240 g/mol. The lowest BCUT2D eigenvalue weighted by molar-refractivity contribution is 0.102. The quantitative estimate of drug-likeness (QED) is 0.357. The standard InChI is InChI=1S/C10H14N2O3.C2H6/c1-13-10(11)8-2-4-9(5-3-8)14-6-7-15-12;1-2/h2-5,11H,6-7,12H2,1H3;1-2H3. The predicted octanol–water partition coefficient (Wildman–Crippen LogP) is 1.95. The highest BCUT2D eigenvalue weighted by atomic mass is 16.6. The molecule has 5 nitrogen and oxygen atoms in total. The summed E-state index contributed by atoms with van der Waals surface area (Å²) in [6.07, 6.45) is 0. The van der Waals surface area contributed by atoms with Crippen molar-refractivity contribution in [3.8, 4) is 5.75 Å². The van der Waals surface area contributed by atoms with Crippen LogP contribution < -0.4 is 10.6 Å². The van der Waals surface area contributed by atoms with Gasteiger partial charge in [-0.25, -0.2) is 5.90 Å². The van der Waals surface area contributed by atoms with E-state index in [2.05, 4.69) is 4.84 Å². The average Bonchev–Trinajstić information content (AvgIpc) is 2.41. The highest BCUT2D eigenvalue weighted by Crippen LogP contribution is 2.12. The van der Waals surface area contributed by atoms with Crippen LogP contribution in [-0.2, 0) is 9.57 Å². The second-order valence-electron chi connectivity index (χ2n) is 2.78. The fourth-order valence-electron chi connectivity index (χ4n) is 1.03. The molecule has 0 saturated carbocycles. The molecule has 0 aromatic heterocycles. The van der Waals surface area contributed by atoms with Gasteiger partial charge in [-0.15, -0.1) is 0 Å². The zero-order valence-electron chi connectivity index (χ0n) is 10.5. The molecule has 1 aromatic carbocycles. The predicted molar refractivity (Wildman–Crippen MR) is 67.3 cm³/mol. The third kappa shape index (κ3) is 5.89. The van der Waals surface area contributed by atoms with E-state index in [1.165, 1.54) is 7.11 Å². The number of nitrogens with one attached hydrogen (secondary N) is 1. The molecule has 0 aliphatic carbocycles. The highest BCUT2D eigenvalue weighted by molar-refractivity contribution is 5.91. The van der Waals surface area contributed by atoms with E-state index in [-0.39, 0.29) is 5.90 Å². The average molecular weight is 240 g/mol. The van der Waals surface area contributed by atoms with Gasteiger partial charge in [-0.3, -0.25) is 5.41 Å². The van der Waals surface area contributed by atoms with Crippen LogP contribution in [0.15, 0.2) is 24.3 Å². The fraction of sp³-hybridized carbons (Fsp3) is 0.417. The fourth-order valence-corrected chi connectivity index (χ4v) is 1.03. The van der Waals surface area contributed by atoms with Crippen molar-refractivity contribution in [1.29, 1.82) is 5.41 Å². The molecule has 0 heterocycles. The maximum absolute atomic E-state index is 7.42. The van der Waals surface area contributed by atoms with Gasteiger partial charge in [0.05, 0.1) is 7.11 Å². The van der Waals surface area contributed by atoms with Crippen LogP contribution in [-0.4, -0.2) is 26.2 Å². The topological polar surface area (TPSA) is 77.6 Å². The molecule has 1 rings (SSSR count). The van der Waals surface area contributed by atoms with Crippen LogP contribution in [0.2, 0.25) is 0 Å². The van der Waals surface area contributed by atoms with Crippen molar-refractivity contribution in [3.05, 3.63) is 29.8 Å². The summed E-state index contributed by atoms with van der Waals surface area (Å²) in [5.74, 6) is 5.69. The summed E-state index contributed by atoms with van der Waals surface area (Å²) >= 11 is 0. The number of hydrogen-bond donors (Lipinski definition) is 2. The summed E-state index contributed by atoms with van der Waals surface area (Å²) in [5.41, 5.74) is 0.708. The Bertz CT molecular complexity index is 312.